The number of hydrogen-bond donors (Lipinski definition) is 0. The molecule has 0 unspecified atom stereocenters. The number of carbonyl (C=O) groups is 2. The Bertz CT molecular complexity index is 874. The Morgan fingerprint density at radius 1 is 1.08 bits per heavy atom. The van der Waals surface area contributed by atoms with E-state index in [1.807, 2.05) is 19.1 Å². The van der Waals surface area contributed by atoms with Crippen LogP contribution in [0.3, 0.4) is 0 Å². The molecule has 2 aromatic carbocycles. The van der Waals surface area contributed by atoms with Crippen molar-refractivity contribution in [2.24, 2.45) is 0 Å². The normalized spacial score (nSPS) is 16.0. The molecule has 2 amide bonds. The van der Waals surface area contributed by atoms with E-state index >= 15 is 0 Å². The predicted molar refractivity (Wildman–Crippen MR) is 92.7 cm³/mol. The van der Waals surface area contributed by atoms with Crippen molar-refractivity contribution in [2.45, 2.75) is 6.92 Å². The number of rotatable bonds is 3. The fraction of sp³-hybridized carbons (Fsp3) is 0.0588. The largest absolute Gasteiger partial charge is 0.298 e. The number of carbonyl (C=O) groups excluding carboxylic acids is 2. The van der Waals surface area contributed by atoms with Gasteiger partial charge in [-0.2, -0.15) is 0 Å². The van der Waals surface area contributed by atoms with E-state index in [9.17, 15) is 19.7 Å². The fourth-order valence-electron chi connectivity index (χ4n) is 2.30. The highest BCUT2D eigenvalue weighted by Crippen LogP contribution is 2.36. The molecule has 120 valence electrons. The summed E-state index contributed by atoms with van der Waals surface area (Å²) in [6, 6.07) is 13.1. The van der Waals surface area contributed by atoms with Crippen molar-refractivity contribution in [3.8, 4) is 0 Å². The van der Waals surface area contributed by atoms with Gasteiger partial charge in [0.15, 0.2) is 0 Å². The Morgan fingerprint density at radius 2 is 1.75 bits per heavy atom. The number of imide groups is 1. The average molecular weight is 340 g/mol. The van der Waals surface area contributed by atoms with Crippen LogP contribution < -0.4 is 4.90 Å². The molecule has 0 bridgehead atoms. The quantitative estimate of drug-likeness (QED) is 0.476. The molecular weight excluding hydrogens is 328 g/mol. The van der Waals surface area contributed by atoms with Gasteiger partial charge in [-0.15, -0.1) is 0 Å². The van der Waals surface area contributed by atoms with E-state index in [1.165, 1.54) is 18.2 Å². The van der Waals surface area contributed by atoms with Gasteiger partial charge in [-0.3, -0.25) is 19.7 Å². The van der Waals surface area contributed by atoms with Crippen LogP contribution in [0.2, 0.25) is 0 Å². The number of thioether (sulfide) groups is 1. The lowest BCUT2D eigenvalue weighted by Gasteiger charge is -2.12. The minimum Gasteiger partial charge on any atom is -0.268 e. The Kier molecular flexibility index (Phi) is 4.18. The van der Waals surface area contributed by atoms with E-state index in [-0.39, 0.29) is 16.2 Å². The summed E-state index contributed by atoms with van der Waals surface area (Å²) in [4.78, 5) is 36.5. The summed E-state index contributed by atoms with van der Waals surface area (Å²) in [5.41, 5.74) is 1.67. The minimum atomic E-state index is -0.518. The molecule has 6 nitrogen and oxygen atoms in total. The first-order valence-corrected chi connectivity index (χ1v) is 7.87. The van der Waals surface area contributed by atoms with Gasteiger partial charge >= 0.3 is 0 Å². The molecule has 1 aliphatic rings. The summed E-state index contributed by atoms with van der Waals surface area (Å²) in [6.07, 6.45) is 1.39. The van der Waals surface area contributed by atoms with E-state index < -0.39 is 16.1 Å². The topological polar surface area (TPSA) is 80.5 Å². The molecule has 1 aliphatic heterocycles. The third-order valence-corrected chi connectivity index (χ3v) is 4.38. The number of benzene rings is 2. The number of nitro benzene ring substituents is 1. The molecule has 1 fully saturated rings. The van der Waals surface area contributed by atoms with Gasteiger partial charge in [0.25, 0.3) is 16.8 Å². The zero-order chi connectivity index (χ0) is 17.3. The highest BCUT2D eigenvalue weighted by molar-refractivity contribution is 8.19. The molecule has 0 saturated carbocycles. The fourth-order valence-corrected chi connectivity index (χ4v) is 3.13. The van der Waals surface area contributed by atoms with Crippen LogP contribution >= 0.6 is 11.8 Å². The predicted octanol–water partition coefficient (Wildman–Crippen LogP) is 4.14. The highest BCUT2D eigenvalue weighted by Gasteiger charge is 2.36. The number of hydrogen-bond acceptors (Lipinski definition) is 5. The zero-order valence-corrected chi connectivity index (χ0v) is 13.4. The van der Waals surface area contributed by atoms with Crippen molar-refractivity contribution in [2.75, 3.05) is 4.90 Å². The standard InChI is InChI=1S/C17H12N2O4S/c1-11-6-8-13(9-7-11)18-16(20)15(24-17(18)21)10-12-4-2-3-5-14(12)19(22)23/h2-10H,1H3/b15-10+. The average Bonchev–Trinajstić information content (AvgIpc) is 2.83. The SMILES string of the molecule is Cc1ccc(N2C(=O)S/C(=C/c3ccccc3[N+](=O)[O-])C2=O)cc1. The molecule has 1 saturated heterocycles. The second kappa shape index (κ2) is 6.29. The van der Waals surface area contributed by atoms with E-state index in [1.54, 1.807) is 24.3 Å². The number of amides is 2. The second-order valence-corrected chi connectivity index (χ2v) is 6.16. The van der Waals surface area contributed by atoms with Crippen LogP contribution in [0.25, 0.3) is 6.08 Å². The summed E-state index contributed by atoms with van der Waals surface area (Å²) in [7, 11) is 0. The number of aryl methyl sites for hydroxylation is 1. The van der Waals surface area contributed by atoms with Crippen LogP contribution in [0.4, 0.5) is 16.2 Å². The smallest absolute Gasteiger partial charge is 0.268 e. The van der Waals surface area contributed by atoms with Gasteiger partial charge in [-0.1, -0.05) is 29.8 Å². The van der Waals surface area contributed by atoms with Gasteiger partial charge in [0.05, 0.1) is 21.1 Å². The maximum Gasteiger partial charge on any atom is 0.298 e. The molecule has 0 aromatic heterocycles. The van der Waals surface area contributed by atoms with Crippen LogP contribution in [0.15, 0.2) is 53.4 Å². The lowest BCUT2D eigenvalue weighted by atomic mass is 10.1. The zero-order valence-electron chi connectivity index (χ0n) is 12.6. The number of anilines is 1. The second-order valence-electron chi connectivity index (χ2n) is 5.17. The first kappa shape index (κ1) is 15.9. The first-order valence-electron chi connectivity index (χ1n) is 7.05. The van der Waals surface area contributed by atoms with Gasteiger partial charge in [0.1, 0.15) is 0 Å². The van der Waals surface area contributed by atoms with Gasteiger partial charge in [-0.25, -0.2) is 4.90 Å². The minimum absolute atomic E-state index is 0.111. The van der Waals surface area contributed by atoms with Crippen LogP contribution in [0.5, 0.6) is 0 Å². The lowest BCUT2D eigenvalue weighted by Crippen LogP contribution is -2.27. The Hall–Kier alpha value is -2.93. The van der Waals surface area contributed by atoms with E-state index in [2.05, 4.69) is 0 Å². The first-order chi connectivity index (χ1) is 11.5. The molecule has 1 heterocycles. The molecular formula is C17H12N2O4S. The maximum absolute atomic E-state index is 12.5. The number of nitro groups is 1. The molecule has 0 spiro atoms. The van der Waals surface area contributed by atoms with Crippen LogP contribution in [-0.2, 0) is 4.79 Å². The van der Waals surface area contributed by atoms with Crippen molar-refractivity contribution in [3.05, 3.63) is 74.7 Å². The summed E-state index contributed by atoms with van der Waals surface area (Å²) in [5, 5.41) is 10.6. The summed E-state index contributed by atoms with van der Waals surface area (Å²) in [5.74, 6) is -0.480. The maximum atomic E-state index is 12.5. The van der Waals surface area contributed by atoms with Crippen LogP contribution in [0, 0.1) is 17.0 Å². The summed E-state index contributed by atoms with van der Waals surface area (Å²) >= 11 is 0.772. The van der Waals surface area contributed by atoms with E-state index in [4.69, 9.17) is 0 Å². The van der Waals surface area contributed by atoms with Crippen molar-refractivity contribution >= 4 is 40.4 Å². The molecule has 7 heteroatoms. The van der Waals surface area contributed by atoms with Crippen molar-refractivity contribution in [3.63, 3.8) is 0 Å². The van der Waals surface area contributed by atoms with Crippen molar-refractivity contribution in [1.29, 1.82) is 0 Å². The molecule has 0 radical (unpaired) electrons. The third-order valence-electron chi connectivity index (χ3n) is 3.51. The molecule has 3 rings (SSSR count). The van der Waals surface area contributed by atoms with E-state index in [0.717, 1.165) is 22.2 Å². The molecule has 0 aliphatic carbocycles. The molecule has 2 aromatic rings. The van der Waals surface area contributed by atoms with Gasteiger partial charge in [0, 0.05) is 6.07 Å². The molecule has 0 N–H and O–H groups in total. The Labute approximate surface area is 141 Å². The van der Waals surface area contributed by atoms with Gasteiger partial charge in [0.2, 0.25) is 0 Å². The van der Waals surface area contributed by atoms with E-state index in [0.29, 0.717) is 5.69 Å². The Balaban J connectivity index is 1.97. The highest BCUT2D eigenvalue weighted by atomic mass is 32.2. The Morgan fingerprint density at radius 3 is 2.42 bits per heavy atom. The van der Waals surface area contributed by atoms with Gasteiger partial charge in [-0.05, 0) is 43.0 Å². The van der Waals surface area contributed by atoms with Crippen molar-refractivity contribution < 1.29 is 14.5 Å². The van der Waals surface area contributed by atoms with Crippen molar-refractivity contribution in [1.82, 2.24) is 0 Å². The van der Waals surface area contributed by atoms with Crippen LogP contribution in [-0.4, -0.2) is 16.1 Å². The summed E-state index contributed by atoms with van der Waals surface area (Å²) in [6.45, 7) is 1.91. The van der Waals surface area contributed by atoms with Crippen LogP contribution in [0.1, 0.15) is 11.1 Å². The summed E-state index contributed by atoms with van der Waals surface area (Å²) < 4.78 is 0. The number of para-hydroxylation sites is 1. The lowest BCUT2D eigenvalue weighted by molar-refractivity contribution is -0.385. The monoisotopic (exact) mass is 340 g/mol. The van der Waals surface area contributed by atoms with Gasteiger partial charge < -0.3 is 0 Å². The third kappa shape index (κ3) is 2.93. The molecule has 0 atom stereocenters. The number of nitrogens with zero attached hydrogens (tertiary/aromatic N) is 2. The molecule has 24 heavy (non-hydrogen) atoms.